The van der Waals surface area contributed by atoms with Gasteiger partial charge in [-0.05, 0) is 25.6 Å². The number of rotatable bonds is 6. The van der Waals surface area contributed by atoms with Gasteiger partial charge in [-0.3, -0.25) is 0 Å². The van der Waals surface area contributed by atoms with Gasteiger partial charge >= 0.3 is 0 Å². The lowest BCUT2D eigenvalue weighted by atomic mass is 10.2. The second-order valence-electron chi connectivity index (χ2n) is 4.63. The highest BCUT2D eigenvalue weighted by atomic mass is 32.2. The van der Waals surface area contributed by atoms with Crippen molar-refractivity contribution in [2.45, 2.75) is 24.8 Å². The predicted molar refractivity (Wildman–Crippen MR) is 81.5 cm³/mol. The molecule has 0 aliphatic rings. The van der Waals surface area contributed by atoms with Crippen LogP contribution in [0.15, 0.2) is 41.6 Å². The van der Waals surface area contributed by atoms with Crippen molar-refractivity contribution in [2.24, 2.45) is 7.05 Å². The van der Waals surface area contributed by atoms with Crippen LogP contribution in [0.2, 0.25) is 0 Å². The number of hydrogen-bond donors (Lipinski definition) is 1. The zero-order valence-electron chi connectivity index (χ0n) is 11.8. The number of nitrogens with one attached hydrogen (secondary N) is 1. The Morgan fingerprint density at radius 1 is 1.42 bits per heavy atom. The van der Waals surface area contributed by atoms with Crippen molar-refractivity contribution in [3.8, 4) is 0 Å². The fourth-order valence-corrected chi connectivity index (χ4v) is 3.14. The van der Waals surface area contributed by atoms with Crippen LogP contribution in [0.25, 0.3) is 0 Å². The van der Waals surface area contributed by atoms with E-state index in [1.54, 1.807) is 0 Å². The summed E-state index contributed by atoms with van der Waals surface area (Å²) in [5.41, 5.74) is 1.31. The van der Waals surface area contributed by atoms with Crippen molar-refractivity contribution in [1.82, 2.24) is 14.9 Å². The van der Waals surface area contributed by atoms with Crippen molar-refractivity contribution in [3.63, 3.8) is 0 Å². The minimum atomic E-state index is 0.288. The Morgan fingerprint density at radius 3 is 2.89 bits per heavy atom. The molecule has 1 aromatic heterocycles. The Bertz CT molecular complexity index is 522. The van der Waals surface area contributed by atoms with E-state index < -0.39 is 0 Å². The summed E-state index contributed by atoms with van der Waals surface area (Å²) >= 11 is 1.87. The highest BCUT2D eigenvalue weighted by molar-refractivity contribution is 7.99. The largest absolute Gasteiger partial charge is 0.337 e. The lowest BCUT2D eigenvalue weighted by Gasteiger charge is -2.17. The first-order valence-corrected chi connectivity index (χ1v) is 7.59. The number of nitrogens with zero attached hydrogens (tertiary/aromatic N) is 2. The molecule has 2 rings (SSSR count). The molecule has 0 aliphatic carbocycles. The molecule has 0 amide bonds. The molecular weight excluding hydrogens is 254 g/mol. The molecule has 1 unspecified atom stereocenters. The normalized spacial score (nSPS) is 12.6. The number of imidazole rings is 1. The molecule has 0 saturated carbocycles. The summed E-state index contributed by atoms with van der Waals surface area (Å²) in [6, 6.07) is 8.92. The van der Waals surface area contributed by atoms with Crippen LogP contribution < -0.4 is 5.32 Å². The first-order chi connectivity index (χ1) is 9.20. The number of thioether (sulfide) groups is 1. The molecule has 0 spiro atoms. The monoisotopic (exact) mass is 275 g/mol. The third-order valence-corrected chi connectivity index (χ3v) is 4.11. The van der Waals surface area contributed by atoms with E-state index >= 15 is 0 Å². The second-order valence-corrected chi connectivity index (χ2v) is 5.73. The van der Waals surface area contributed by atoms with E-state index in [4.69, 9.17) is 0 Å². The summed E-state index contributed by atoms with van der Waals surface area (Å²) in [4.78, 5) is 5.77. The Morgan fingerprint density at radius 2 is 2.26 bits per heavy atom. The van der Waals surface area contributed by atoms with Crippen LogP contribution in [0.5, 0.6) is 0 Å². The average molecular weight is 275 g/mol. The molecule has 4 heteroatoms. The van der Waals surface area contributed by atoms with Crippen LogP contribution in [0, 0.1) is 6.92 Å². The molecule has 0 aliphatic heterocycles. The van der Waals surface area contributed by atoms with Crippen LogP contribution in [-0.4, -0.2) is 21.8 Å². The Hall–Kier alpha value is -1.26. The van der Waals surface area contributed by atoms with Gasteiger partial charge in [0, 0.05) is 30.1 Å². The zero-order valence-corrected chi connectivity index (χ0v) is 12.6. The van der Waals surface area contributed by atoms with E-state index in [2.05, 4.69) is 53.0 Å². The van der Waals surface area contributed by atoms with Gasteiger partial charge in [0.05, 0.1) is 6.04 Å². The lowest BCUT2D eigenvalue weighted by Crippen LogP contribution is -2.25. The Labute approximate surface area is 119 Å². The Kier molecular flexibility index (Phi) is 5.05. The van der Waals surface area contributed by atoms with Gasteiger partial charge in [-0.15, -0.1) is 11.8 Å². The van der Waals surface area contributed by atoms with Crippen molar-refractivity contribution in [2.75, 3.05) is 12.3 Å². The summed E-state index contributed by atoms with van der Waals surface area (Å²) in [6.07, 6.45) is 3.86. The van der Waals surface area contributed by atoms with Crippen LogP contribution >= 0.6 is 11.8 Å². The molecule has 0 fully saturated rings. The number of benzene rings is 1. The fourth-order valence-electron chi connectivity index (χ4n) is 2.07. The van der Waals surface area contributed by atoms with E-state index in [0.29, 0.717) is 0 Å². The smallest absolute Gasteiger partial charge is 0.126 e. The zero-order chi connectivity index (χ0) is 13.7. The number of aromatic nitrogens is 2. The van der Waals surface area contributed by atoms with Crippen molar-refractivity contribution < 1.29 is 0 Å². The summed E-state index contributed by atoms with van der Waals surface area (Å²) in [5.74, 6) is 2.09. The molecule has 2 aromatic rings. The Balaban J connectivity index is 2.04. The summed E-state index contributed by atoms with van der Waals surface area (Å²) in [7, 11) is 2.05. The van der Waals surface area contributed by atoms with E-state index in [-0.39, 0.29) is 6.04 Å². The van der Waals surface area contributed by atoms with Crippen molar-refractivity contribution >= 4 is 11.8 Å². The summed E-state index contributed by atoms with van der Waals surface area (Å²) < 4.78 is 2.09. The van der Waals surface area contributed by atoms with Gasteiger partial charge in [-0.25, -0.2) is 4.98 Å². The second kappa shape index (κ2) is 6.78. The third kappa shape index (κ3) is 3.85. The quantitative estimate of drug-likeness (QED) is 0.821. The molecule has 0 bridgehead atoms. The van der Waals surface area contributed by atoms with Crippen LogP contribution in [-0.2, 0) is 7.05 Å². The first-order valence-electron chi connectivity index (χ1n) is 6.60. The molecule has 3 nitrogen and oxygen atoms in total. The molecule has 1 heterocycles. The number of hydrogen-bond acceptors (Lipinski definition) is 3. The molecule has 1 N–H and O–H groups in total. The highest BCUT2D eigenvalue weighted by Gasteiger charge is 2.14. The third-order valence-electron chi connectivity index (χ3n) is 3.03. The maximum atomic E-state index is 4.45. The minimum absolute atomic E-state index is 0.288. The minimum Gasteiger partial charge on any atom is -0.337 e. The predicted octanol–water partition coefficient (Wildman–Crippen LogP) is 3.17. The SMILES string of the molecule is CCNC(CSc1cccc(C)c1)c1nccn1C. The molecule has 19 heavy (non-hydrogen) atoms. The number of aryl methyl sites for hydroxylation is 2. The van der Waals surface area contributed by atoms with Gasteiger partial charge in [-0.1, -0.05) is 24.6 Å². The molecule has 0 radical (unpaired) electrons. The van der Waals surface area contributed by atoms with E-state index in [0.717, 1.165) is 18.1 Å². The molecule has 1 atom stereocenters. The maximum Gasteiger partial charge on any atom is 0.126 e. The van der Waals surface area contributed by atoms with Gasteiger partial charge in [0.2, 0.25) is 0 Å². The summed E-state index contributed by atoms with van der Waals surface area (Å²) in [6.45, 7) is 5.21. The van der Waals surface area contributed by atoms with Crippen molar-refractivity contribution in [1.29, 1.82) is 0 Å². The molecule has 0 saturated heterocycles. The average Bonchev–Trinajstić information content (AvgIpc) is 2.81. The topological polar surface area (TPSA) is 29.9 Å². The maximum absolute atomic E-state index is 4.45. The summed E-state index contributed by atoms with van der Waals surface area (Å²) in [5, 5.41) is 3.51. The van der Waals surface area contributed by atoms with Gasteiger partial charge in [0.1, 0.15) is 5.82 Å². The van der Waals surface area contributed by atoms with Gasteiger partial charge in [0.15, 0.2) is 0 Å². The first kappa shape index (κ1) is 14.2. The van der Waals surface area contributed by atoms with E-state index in [1.807, 2.05) is 31.2 Å². The van der Waals surface area contributed by atoms with Crippen LogP contribution in [0.3, 0.4) is 0 Å². The van der Waals surface area contributed by atoms with Gasteiger partial charge in [0.25, 0.3) is 0 Å². The standard InChI is InChI=1S/C15H21N3S/c1-4-16-14(15-17-8-9-18(15)3)11-19-13-7-5-6-12(2)10-13/h5-10,14,16H,4,11H2,1-3H3. The highest BCUT2D eigenvalue weighted by Crippen LogP contribution is 2.24. The van der Waals surface area contributed by atoms with Gasteiger partial charge < -0.3 is 9.88 Å². The molecule has 102 valence electrons. The van der Waals surface area contributed by atoms with Crippen LogP contribution in [0.1, 0.15) is 24.4 Å². The molecular formula is C15H21N3S. The fraction of sp³-hybridized carbons (Fsp3) is 0.400. The van der Waals surface area contributed by atoms with Crippen LogP contribution in [0.4, 0.5) is 0 Å². The lowest BCUT2D eigenvalue weighted by molar-refractivity contribution is 0.555. The van der Waals surface area contributed by atoms with E-state index in [1.165, 1.54) is 10.5 Å². The van der Waals surface area contributed by atoms with E-state index in [9.17, 15) is 0 Å². The van der Waals surface area contributed by atoms with Gasteiger partial charge in [-0.2, -0.15) is 0 Å². The molecule has 1 aromatic carbocycles. The van der Waals surface area contributed by atoms with Crippen molar-refractivity contribution in [3.05, 3.63) is 48.0 Å².